The highest BCUT2D eigenvalue weighted by Gasteiger charge is 2.07. The van der Waals surface area contributed by atoms with Crippen LogP contribution in [-0.4, -0.2) is 15.9 Å². The number of anilines is 2. The average molecular weight is 383 g/mol. The van der Waals surface area contributed by atoms with Crippen LogP contribution in [0.4, 0.5) is 11.5 Å². The lowest BCUT2D eigenvalue weighted by Gasteiger charge is -2.08. The highest BCUT2D eigenvalue weighted by atomic mass is 79.9. The number of carbonyl (C=O) groups excluding carboxylic acids is 1. The van der Waals surface area contributed by atoms with E-state index in [9.17, 15) is 4.79 Å². The molecule has 0 aliphatic carbocycles. The molecule has 3 rings (SSSR count). The summed E-state index contributed by atoms with van der Waals surface area (Å²) in [6.07, 6.45) is 3.31. The van der Waals surface area contributed by atoms with E-state index in [-0.39, 0.29) is 5.91 Å². The van der Waals surface area contributed by atoms with Crippen molar-refractivity contribution in [3.63, 3.8) is 0 Å². The summed E-state index contributed by atoms with van der Waals surface area (Å²) < 4.78 is 0.969. The fraction of sp³-hybridized carbons (Fsp3) is 0.0556. The zero-order chi connectivity index (χ0) is 16.8. The van der Waals surface area contributed by atoms with Gasteiger partial charge in [-0.1, -0.05) is 28.1 Å². The lowest BCUT2D eigenvalue weighted by molar-refractivity contribution is 0.0950. The maximum atomic E-state index is 12.3. The summed E-state index contributed by atoms with van der Waals surface area (Å²) in [5.41, 5.74) is 2.24. The van der Waals surface area contributed by atoms with E-state index in [4.69, 9.17) is 0 Å². The lowest BCUT2D eigenvalue weighted by atomic mass is 10.2. The van der Waals surface area contributed by atoms with E-state index >= 15 is 0 Å². The Kier molecular flexibility index (Phi) is 5.18. The second-order valence-corrected chi connectivity index (χ2v) is 5.98. The molecule has 0 fully saturated rings. The maximum Gasteiger partial charge on any atom is 0.251 e. The van der Waals surface area contributed by atoms with Crippen LogP contribution in [0.25, 0.3) is 0 Å². The van der Waals surface area contributed by atoms with Gasteiger partial charge in [-0.2, -0.15) is 0 Å². The fourth-order valence-corrected chi connectivity index (χ4v) is 2.53. The van der Waals surface area contributed by atoms with Crippen molar-refractivity contribution in [2.24, 2.45) is 0 Å². The van der Waals surface area contributed by atoms with Crippen molar-refractivity contribution in [3.05, 3.63) is 82.7 Å². The predicted molar refractivity (Wildman–Crippen MR) is 97.1 cm³/mol. The largest absolute Gasteiger partial charge is 0.346 e. The van der Waals surface area contributed by atoms with E-state index in [1.54, 1.807) is 24.5 Å². The molecule has 0 saturated heterocycles. The van der Waals surface area contributed by atoms with Gasteiger partial charge in [0, 0.05) is 28.1 Å². The van der Waals surface area contributed by atoms with E-state index in [2.05, 4.69) is 36.5 Å². The number of carbonyl (C=O) groups is 1. The van der Waals surface area contributed by atoms with Gasteiger partial charge >= 0.3 is 0 Å². The molecule has 5 nitrogen and oxygen atoms in total. The topological polar surface area (TPSA) is 66.9 Å². The molecule has 0 unspecified atom stereocenters. The van der Waals surface area contributed by atoms with Gasteiger partial charge in [-0.3, -0.25) is 9.78 Å². The van der Waals surface area contributed by atoms with Crippen molar-refractivity contribution in [2.45, 2.75) is 6.54 Å². The summed E-state index contributed by atoms with van der Waals surface area (Å²) in [6.45, 7) is 0.385. The van der Waals surface area contributed by atoms with Gasteiger partial charge in [-0.25, -0.2) is 4.98 Å². The predicted octanol–water partition coefficient (Wildman–Crippen LogP) is 3.91. The second kappa shape index (κ2) is 7.70. The summed E-state index contributed by atoms with van der Waals surface area (Å²) in [5, 5.41) is 6.03. The first kappa shape index (κ1) is 16.1. The van der Waals surface area contributed by atoms with E-state index in [0.29, 0.717) is 17.9 Å². The van der Waals surface area contributed by atoms with Crippen LogP contribution >= 0.6 is 15.9 Å². The van der Waals surface area contributed by atoms with Crippen LogP contribution in [0.3, 0.4) is 0 Å². The van der Waals surface area contributed by atoms with Crippen LogP contribution in [0.5, 0.6) is 0 Å². The van der Waals surface area contributed by atoms with Crippen molar-refractivity contribution >= 4 is 33.3 Å². The van der Waals surface area contributed by atoms with Gasteiger partial charge in [0.2, 0.25) is 0 Å². The zero-order valence-electron chi connectivity index (χ0n) is 12.7. The summed E-state index contributed by atoms with van der Waals surface area (Å²) in [5.74, 6) is 0.443. The molecular weight excluding hydrogens is 368 g/mol. The number of pyridine rings is 2. The van der Waals surface area contributed by atoms with E-state index in [1.807, 2.05) is 42.5 Å². The van der Waals surface area contributed by atoms with Crippen LogP contribution in [0.1, 0.15) is 16.1 Å². The highest BCUT2D eigenvalue weighted by molar-refractivity contribution is 9.10. The number of hydrogen-bond donors (Lipinski definition) is 2. The zero-order valence-corrected chi connectivity index (χ0v) is 14.3. The number of nitrogens with one attached hydrogen (secondary N) is 2. The number of rotatable bonds is 5. The third-order valence-corrected chi connectivity index (χ3v) is 3.77. The number of aromatic nitrogens is 2. The fourth-order valence-electron chi connectivity index (χ4n) is 2.13. The summed E-state index contributed by atoms with van der Waals surface area (Å²) in [6, 6.07) is 16.7. The molecule has 0 saturated carbocycles. The number of nitrogens with zero attached hydrogens (tertiary/aromatic N) is 2. The normalized spacial score (nSPS) is 10.2. The first-order valence-corrected chi connectivity index (χ1v) is 8.17. The Bertz CT molecular complexity index is 839. The molecule has 120 valence electrons. The number of benzene rings is 1. The maximum absolute atomic E-state index is 12.3. The molecule has 0 aliphatic heterocycles. The van der Waals surface area contributed by atoms with Gasteiger partial charge < -0.3 is 10.6 Å². The monoisotopic (exact) mass is 382 g/mol. The van der Waals surface area contributed by atoms with E-state index in [0.717, 1.165) is 15.9 Å². The molecule has 2 heterocycles. The first-order valence-electron chi connectivity index (χ1n) is 7.37. The Morgan fingerprint density at radius 3 is 2.71 bits per heavy atom. The van der Waals surface area contributed by atoms with Gasteiger partial charge in [0.15, 0.2) is 0 Å². The molecule has 0 atom stereocenters. The van der Waals surface area contributed by atoms with Crippen molar-refractivity contribution in [1.82, 2.24) is 15.3 Å². The van der Waals surface area contributed by atoms with Gasteiger partial charge in [0.25, 0.3) is 5.91 Å². The number of amides is 1. The van der Waals surface area contributed by atoms with Gasteiger partial charge in [0.1, 0.15) is 5.82 Å². The molecule has 2 N–H and O–H groups in total. The molecule has 0 spiro atoms. The third-order valence-electron chi connectivity index (χ3n) is 3.28. The average Bonchev–Trinajstić information content (AvgIpc) is 2.61. The molecule has 1 amide bonds. The van der Waals surface area contributed by atoms with Gasteiger partial charge in [0.05, 0.1) is 12.2 Å². The molecule has 3 aromatic rings. The van der Waals surface area contributed by atoms with E-state index < -0.39 is 0 Å². The first-order chi connectivity index (χ1) is 11.7. The molecule has 6 heteroatoms. The molecule has 24 heavy (non-hydrogen) atoms. The molecular formula is C18H15BrN4O. The minimum atomic E-state index is -0.166. The van der Waals surface area contributed by atoms with Crippen LogP contribution in [-0.2, 0) is 6.54 Å². The van der Waals surface area contributed by atoms with Gasteiger partial charge in [-0.15, -0.1) is 0 Å². The van der Waals surface area contributed by atoms with Crippen molar-refractivity contribution in [1.29, 1.82) is 0 Å². The Labute approximate surface area is 148 Å². The number of halogens is 1. The quantitative estimate of drug-likeness (QED) is 0.701. The number of hydrogen-bond acceptors (Lipinski definition) is 4. The summed E-state index contributed by atoms with van der Waals surface area (Å²) in [7, 11) is 0. The summed E-state index contributed by atoms with van der Waals surface area (Å²) in [4.78, 5) is 20.7. The van der Waals surface area contributed by atoms with Crippen LogP contribution in [0, 0.1) is 0 Å². The standard InChI is InChI=1S/C18H15BrN4O/c19-14-4-3-6-15(11-14)23-17-10-13(7-9-21-17)18(24)22-12-16-5-1-2-8-20-16/h1-11H,12H2,(H,21,23)(H,22,24). The molecule has 1 aromatic carbocycles. The third kappa shape index (κ3) is 4.39. The SMILES string of the molecule is O=C(NCc1ccccn1)c1ccnc(Nc2cccc(Br)c2)c1. The van der Waals surface area contributed by atoms with Crippen LogP contribution in [0.15, 0.2) is 71.5 Å². The minimum absolute atomic E-state index is 0.166. The highest BCUT2D eigenvalue weighted by Crippen LogP contribution is 2.19. The molecule has 2 aromatic heterocycles. The smallest absolute Gasteiger partial charge is 0.251 e. The summed E-state index contributed by atoms with van der Waals surface area (Å²) >= 11 is 3.43. The van der Waals surface area contributed by atoms with Crippen molar-refractivity contribution < 1.29 is 4.79 Å². The van der Waals surface area contributed by atoms with Crippen molar-refractivity contribution in [3.8, 4) is 0 Å². The Morgan fingerprint density at radius 2 is 1.92 bits per heavy atom. The molecule has 0 aliphatic rings. The Morgan fingerprint density at radius 1 is 1.00 bits per heavy atom. The molecule has 0 radical (unpaired) electrons. The Balaban J connectivity index is 1.67. The van der Waals surface area contributed by atoms with E-state index in [1.165, 1.54) is 0 Å². The minimum Gasteiger partial charge on any atom is -0.346 e. The molecule has 0 bridgehead atoms. The van der Waals surface area contributed by atoms with Crippen molar-refractivity contribution in [2.75, 3.05) is 5.32 Å². The van der Waals surface area contributed by atoms with Gasteiger partial charge in [-0.05, 0) is 42.5 Å². The van der Waals surface area contributed by atoms with Crippen LogP contribution in [0.2, 0.25) is 0 Å². The van der Waals surface area contributed by atoms with Crippen LogP contribution < -0.4 is 10.6 Å². The second-order valence-electron chi connectivity index (χ2n) is 5.07. The Hall–Kier alpha value is -2.73. The lowest BCUT2D eigenvalue weighted by Crippen LogP contribution is -2.23.